The average Bonchev–Trinajstić information content (AvgIpc) is 2.84. The van der Waals surface area contributed by atoms with Crippen LogP contribution >= 0.6 is 0 Å². The Kier molecular flexibility index (Phi) is 6.88. The second-order valence-electron chi connectivity index (χ2n) is 9.59. The third kappa shape index (κ3) is 5.20. The first-order chi connectivity index (χ1) is 16.2. The highest BCUT2D eigenvalue weighted by Gasteiger charge is 2.30. The number of aryl methyl sites for hydroxylation is 1. The summed E-state index contributed by atoms with van der Waals surface area (Å²) in [6, 6.07) is 13.5. The molecule has 3 heterocycles. The Morgan fingerprint density at radius 1 is 0.879 bits per heavy atom. The van der Waals surface area contributed by atoms with Crippen molar-refractivity contribution in [3.05, 3.63) is 42.0 Å². The molecule has 5 rings (SSSR count). The minimum atomic E-state index is 0.287. The summed E-state index contributed by atoms with van der Waals surface area (Å²) in [5.41, 5.74) is 3.33. The predicted molar refractivity (Wildman–Crippen MR) is 131 cm³/mol. The van der Waals surface area contributed by atoms with Gasteiger partial charge in [0.05, 0.1) is 12.2 Å². The van der Waals surface area contributed by atoms with Crippen molar-refractivity contribution < 1.29 is 4.79 Å². The van der Waals surface area contributed by atoms with Crippen molar-refractivity contribution in [2.45, 2.75) is 38.6 Å². The first-order valence-corrected chi connectivity index (χ1v) is 12.6. The van der Waals surface area contributed by atoms with Crippen LogP contribution in [0.25, 0.3) is 11.3 Å². The van der Waals surface area contributed by atoms with E-state index in [1.54, 1.807) is 0 Å². The van der Waals surface area contributed by atoms with Crippen LogP contribution in [0.3, 0.4) is 0 Å². The molecular weight excluding hydrogens is 412 g/mol. The number of carbonyl (C=O) groups excluding carboxylic acids is 1. The van der Waals surface area contributed by atoms with Crippen molar-refractivity contribution in [3.8, 4) is 11.3 Å². The van der Waals surface area contributed by atoms with Crippen LogP contribution in [0.4, 0.5) is 5.82 Å². The van der Waals surface area contributed by atoms with Crippen molar-refractivity contribution in [2.24, 2.45) is 0 Å². The molecule has 0 N–H and O–H groups in total. The standard InChI is InChI=1S/C26H36N6O/c1-2-21-6-8-22(9-7-21)24-10-11-25(28-27-24)31-14-12-29(13-15-31)20-26(33)32-18-16-30(17-19-32)23-4-3-5-23/h6-11,23H,2-5,12-20H2,1H3. The van der Waals surface area contributed by atoms with Gasteiger partial charge in [0.25, 0.3) is 0 Å². The quantitative estimate of drug-likeness (QED) is 0.677. The zero-order chi connectivity index (χ0) is 22.6. The van der Waals surface area contributed by atoms with Crippen LogP contribution in [0.2, 0.25) is 0 Å². The molecule has 1 aromatic heterocycles. The normalized spacial score (nSPS) is 20.6. The Labute approximate surface area is 197 Å². The van der Waals surface area contributed by atoms with E-state index in [1.807, 2.05) is 0 Å². The van der Waals surface area contributed by atoms with Gasteiger partial charge in [-0.3, -0.25) is 14.6 Å². The van der Waals surface area contributed by atoms with Gasteiger partial charge in [-0.2, -0.15) is 0 Å². The fourth-order valence-electron chi connectivity index (χ4n) is 5.07. The van der Waals surface area contributed by atoms with Gasteiger partial charge in [0.1, 0.15) is 0 Å². The smallest absolute Gasteiger partial charge is 0.236 e. The van der Waals surface area contributed by atoms with Gasteiger partial charge >= 0.3 is 0 Å². The van der Waals surface area contributed by atoms with Crippen LogP contribution in [0.1, 0.15) is 31.7 Å². The molecule has 0 radical (unpaired) electrons. The number of benzene rings is 1. The minimum Gasteiger partial charge on any atom is -0.353 e. The molecule has 2 aliphatic heterocycles. The monoisotopic (exact) mass is 448 g/mol. The van der Waals surface area contributed by atoms with Crippen LogP contribution < -0.4 is 4.90 Å². The fourth-order valence-corrected chi connectivity index (χ4v) is 5.07. The molecule has 1 aromatic carbocycles. The molecule has 2 saturated heterocycles. The van der Waals surface area contributed by atoms with Gasteiger partial charge in [0.2, 0.25) is 5.91 Å². The maximum absolute atomic E-state index is 12.8. The van der Waals surface area contributed by atoms with Crippen LogP contribution in [0.15, 0.2) is 36.4 Å². The summed E-state index contributed by atoms with van der Waals surface area (Å²) in [4.78, 5) is 22.0. The molecule has 7 heteroatoms. The highest BCUT2D eigenvalue weighted by molar-refractivity contribution is 5.78. The maximum Gasteiger partial charge on any atom is 0.236 e. The lowest BCUT2D eigenvalue weighted by atomic mass is 9.91. The zero-order valence-electron chi connectivity index (χ0n) is 19.8. The summed E-state index contributed by atoms with van der Waals surface area (Å²) in [6.45, 7) is 10.1. The van der Waals surface area contributed by atoms with Crippen molar-refractivity contribution in [1.29, 1.82) is 0 Å². The van der Waals surface area contributed by atoms with Crippen molar-refractivity contribution in [3.63, 3.8) is 0 Å². The lowest BCUT2D eigenvalue weighted by molar-refractivity contribution is -0.134. The maximum atomic E-state index is 12.8. The van der Waals surface area contributed by atoms with Crippen molar-refractivity contribution >= 4 is 11.7 Å². The number of amides is 1. The molecular formula is C26H36N6O. The van der Waals surface area contributed by atoms with Crippen molar-refractivity contribution in [2.75, 3.05) is 63.8 Å². The molecule has 0 atom stereocenters. The zero-order valence-corrected chi connectivity index (χ0v) is 19.8. The molecule has 0 spiro atoms. The van der Waals surface area contributed by atoms with E-state index in [-0.39, 0.29) is 5.91 Å². The molecule has 0 unspecified atom stereocenters. The largest absolute Gasteiger partial charge is 0.353 e. The Morgan fingerprint density at radius 2 is 1.61 bits per heavy atom. The van der Waals surface area contributed by atoms with E-state index < -0.39 is 0 Å². The van der Waals surface area contributed by atoms with Crippen LogP contribution in [-0.4, -0.2) is 95.7 Å². The Balaban J connectivity index is 1.08. The van der Waals surface area contributed by atoms with Gasteiger partial charge in [-0.1, -0.05) is 37.6 Å². The summed E-state index contributed by atoms with van der Waals surface area (Å²) in [6.07, 6.45) is 5.10. The molecule has 3 fully saturated rings. The second-order valence-corrected chi connectivity index (χ2v) is 9.59. The van der Waals surface area contributed by atoms with E-state index in [2.05, 4.69) is 73.1 Å². The van der Waals surface area contributed by atoms with E-state index in [4.69, 9.17) is 0 Å². The van der Waals surface area contributed by atoms with E-state index in [9.17, 15) is 4.79 Å². The number of hydrogen-bond donors (Lipinski definition) is 0. The highest BCUT2D eigenvalue weighted by atomic mass is 16.2. The van der Waals surface area contributed by atoms with Gasteiger partial charge in [-0.25, -0.2) is 0 Å². The fraction of sp³-hybridized carbons (Fsp3) is 0.577. The van der Waals surface area contributed by atoms with E-state index in [1.165, 1.54) is 24.8 Å². The van der Waals surface area contributed by atoms with Gasteiger partial charge in [0.15, 0.2) is 5.82 Å². The van der Waals surface area contributed by atoms with Gasteiger partial charge in [0, 0.05) is 64.0 Å². The summed E-state index contributed by atoms with van der Waals surface area (Å²) < 4.78 is 0. The number of piperazine rings is 2. The number of aromatic nitrogens is 2. The number of carbonyl (C=O) groups is 1. The number of rotatable bonds is 6. The Bertz CT molecular complexity index is 911. The van der Waals surface area contributed by atoms with E-state index >= 15 is 0 Å². The summed E-state index contributed by atoms with van der Waals surface area (Å²) in [5.74, 6) is 1.21. The molecule has 2 aromatic rings. The first kappa shape index (κ1) is 22.3. The van der Waals surface area contributed by atoms with E-state index in [0.29, 0.717) is 6.54 Å². The second kappa shape index (κ2) is 10.2. The Hall–Kier alpha value is -2.51. The lowest BCUT2D eigenvalue weighted by Crippen LogP contribution is -2.56. The Morgan fingerprint density at radius 3 is 2.18 bits per heavy atom. The molecule has 1 aliphatic carbocycles. The van der Waals surface area contributed by atoms with Gasteiger partial charge in [-0.15, -0.1) is 10.2 Å². The van der Waals surface area contributed by atoms with Gasteiger partial charge < -0.3 is 9.80 Å². The van der Waals surface area contributed by atoms with E-state index in [0.717, 1.165) is 81.9 Å². The molecule has 7 nitrogen and oxygen atoms in total. The molecule has 176 valence electrons. The summed E-state index contributed by atoms with van der Waals surface area (Å²) >= 11 is 0. The number of hydrogen-bond acceptors (Lipinski definition) is 6. The van der Waals surface area contributed by atoms with Crippen LogP contribution in [-0.2, 0) is 11.2 Å². The summed E-state index contributed by atoms with van der Waals surface area (Å²) in [5, 5.41) is 8.96. The highest BCUT2D eigenvalue weighted by Crippen LogP contribution is 2.25. The minimum absolute atomic E-state index is 0.287. The van der Waals surface area contributed by atoms with Crippen LogP contribution in [0, 0.1) is 0 Å². The number of anilines is 1. The molecule has 1 saturated carbocycles. The SMILES string of the molecule is CCc1ccc(-c2ccc(N3CCN(CC(=O)N4CCN(C5CCC5)CC4)CC3)nn2)cc1. The molecule has 33 heavy (non-hydrogen) atoms. The van der Waals surface area contributed by atoms with Crippen molar-refractivity contribution in [1.82, 2.24) is 24.9 Å². The molecule has 1 amide bonds. The predicted octanol–water partition coefficient (Wildman–Crippen LogP) is 2.52. The number of nitrogens with zero attached hydrogens (tertiary/aromatic N) is 6. The van der Waals surface area contributed by atoms with Crippen LogP contribution in [0.5, 0.6) is 0 Å². The average molecular weight is 449 g/mol. The topological polar surface area (TPSA) is 55.8 Å². The summed E-state index contributed by atoms with van der Waals surface area (Å²) in [7, 11) is 0. The first-order valence-electron chi connectivity index (χ1n) is 12.6. The third-order valence-corrected chi connectivity index (χ3v) is 7.62. The molecule has 3 aliphatic rings. The lowest BCUT2D eigenvalue weighted by Gasteiger charge is -2.43. The molecule has 0 bridgehead atoms. The third-order valence-electron chi connectivity index (χ3n) is 7.62. The van der Waals surface area contributed by atoms with Gasteiger partial charge in [-0.05, 0) is 37.0 Å².